The zero-order valence-electron chi connectivity index (χ0n) is 9.45. The first-order chi connectivity index (χ1) is 8.06. The van der Waals surface area contributed by atoms with Crippen LogP contribution in [0.2, 0.25) is 0 Å². The van der Waals surface area contributed by atoms with Crippen molar-refractivity contribution in [1.29, 1.82) is 0 Å². The van der Waals surface area contributed by atoms with Crippen LogP contribution in [0.5, 0.6) is 0 Å². The highest BCUT2D eigenvalue weighted by Gasteiger charge is 2.11. The molecule has 2 aromatic rings. The van der Waals surface area contributed by atoms with Gasteiger partial charge in [0.1, 0.15) is 0 Å². The summed E-state index contributed by atoms with van der Waals surface area (Å²) in [5.41, 5.74) is 1.60. The first-order valence-electron chi connectivity index (χ1n) is 5.06. The van der Waals surface area contributed by atoms with E-state index in [1.807, 2.05) is 32.0 Å². The summed E-state index contributed by atoms with van der Waals surface area (Å²) in [6.45, 7) is 3.87. The first-order valence-corrected chi connectivity index (χ1v) is 6.67. The number of aryl methyl sites for hydroxylation is 2. The van der Waals surface area contributed by atoms with Crippen molar-refractivity contribution < 1.29 is 4.79 Å². The molecule has 1 aromatic carbocycles. The average molecular weight is 311 g/mol. The molecule has 1 N–H and O–H groups in total. The zero-order chi connectivity index (χ0) is 12.4. The van der Waals surface area contributed by atoms with Crippen LogP contribution in [0.25, 0.3) is 0 Å². The van der Waals surface area contributed by atoms with Crippen molar-refractivity contribution in [3.05, 3.63) is 44.9 Å². The second-order valence-corrected chi connectivity index (χ2v) is 5.84. The molecule has 88 valence electrons. The molecule has 1 aromatic heterocycles. The minimum atomic E-state index is -0.127. The van der Waals surface area contributed by atoms with Crippen LogP contribution in [-0.2, 0) is 0 Å². The number of aromatic nitrogens is 1. The highest BCUT2D eigenvalue weighted by Crippen LogP contribution is 2.20. The Labute approximate surface area is 112 Å². The maximum atomic E-state index is 12.0. The van der Waals surface area contributed by atoms with Gasteiger partial charge in [0.05, 0.1) is 0 Å². The van der Waals surface area contributed by atoms with E-state index in [0.29, 0.717) is 10.7 Å². The Morgan fingerprint density at radius 1 is 1.41 bits per heavy atom. The Balaban J connectivity index is 2.22. The number of carbonyl (C=O) groups is 1. The average Bonchev–Trinajstić information content (AvgIpc) is 2.67. The topological polar surface area (TPSA) is 42.0 Å². The van der Waals surface area contributed by atoms with E-state index < -0.39 is 0 Å². The van der Waals surface area contributed by atoms with E-state index in [2.05, 4.69) is 26.2 Å². The predicted octanol–water partition coefficient (Wildman–Crippen LogP) is 3.77. The molecule has 17 heavy (non-hydrogen) atoms. The zero-order valence-corrected chi connectivity index (χ0v) is 11.9. The molecule has 1 heterocycles. The van der Waals surface area contributed by atoms with Gasteiger partial charge in [-0.1, -0.05) is 22.0 Å². The largest absolute Gasteiger partial charge is 0.298 e. The summed E-state index contributed by atoms with van der Waals surface area (Å²) in [6.07, 6.45) is 1.74. The van der Waals surface area contributed by atoms with Crippen molar-refractivity contribution in [2.45, 2.75) is 13.8 Å². The van der Waals surface area contributed by atoms with Crippen LogP contribution in [0, 0.1) is 13.8 Å². The Morgan fingerprint density at radius 2 is 2.18 bits per heavy atom. The number of benzene rings is 1. The van der Waals surface area contributed by atoms with Crippen LogP contribution in [0.1, 0.15) is 20.8 Å². The third-order valence-electron chi connectivity index (χ3n) is 2.29. The highest BCUT2D eigenvalue weighted by molar-refractivity contribution is 9.10. The van der Waals surface area contributed by atoms with Crippen LogP contribution in [-0.4, -0.2) is 10.9 Å². The Hall–Kier alpha value is -1.20. The van der Waals surface area contributed by atoms with E-state index in [4.69, 9.17) is 0 Å². The number of rotatable bonds is 2. The van der Waals surface area contributed by atoms with Crippen molar-refractivity contribution >= 4 is 38.3 Å². The fraction of sp³-hybridized carbons (Fsp3) is 0.167. The van der Waals surface area contributed by atoms with Crippen molar-refractivity contribution in [3.8, 4) is 0 Å². The van der Waals surface area contributed by atoms with E-state index in [9.17, 15) is 4.79 Å². The summed E-state index contributed by atoms with van der Waals surface area (Å²) in [5.74, 6) is -0.127. The van der Waals surface area contributed by atoms with Crippen LogP contribution in [0.3, 0.4) is 0 Å². The Kier molecular flexibility index (Phi) is 3.59. The molecule has 0 saturated heterocycles. The first kappa shape index (κ1) is 12.3. The highest BCUT2D eigenvalue weighted by atomic mass is 79.9. The summed E-state index contributed by atoms with van der Waals surface area (Å²) >= 11 is 4.83. The van der Waals surface area contributed by atoms with E-state index in [-0.39, 0.29) is 5.91 Å². The molecular weight excluding hydrogens is 300 g/mol. The van der Waals surface area contributed by atoms with Gasteiger partial charge in [-0.3, -0.25) is 10.1 Å². The number of hydrogen-bond acceptors (Lipinski definition) is 3. The van der Waals surface area contributed by atoms with Gasteiger partial charge < -0.3 is 0 Å². The fourth-order valence-corrected chi connectivity index (χ4v) is 2.44. The van der Waals surface area contributed by atoms with Gasteiger partial charge in [0, 0.05) is 21.1 Å². The molecule has 5 heteroatoms. The maximum Gasteiger partial charge on any atom is 0.257 e. The normalized spacial score (nSPS) is 10.3. The van der Waals surface area contributed by atoms with Crippen LogP contribution in [0.4, 0.5) is 5.13 Å². The molecule has 0 unspecified atom stereocenters. The molecule has 2 rings (SSSR count). The van der Waals surface area contributed by atoms with E-state index in [1.54, 1.807) is 6.20 Å². The lowest BCUT2D eigenvalue weighted by Crippen LogP contribution is -2.13. The predicted molar refractivity (Wildman–Crippen MR) is 73.7 cm³/mol. The lowest BCUT2D eigenvalue weighted by Gasteiger charge is -2.05. The number of amides is 1. The number of thiazole rings is 1. The molecule has 3 nitrogen and oxygen atoms in total. The number of halogens is 1. The molecular formula is C12H11BrN2OS. The van der Waals surface area contributed by atoms with Gasteiger partial charge in [0.15, 0.2) is 5.13 Å². The quantitative estimate of drug-likeness (QED) is 0.917. The van der Waals surface area contributed by atoms with Crippen molar-refractivity contribution in [1.82, 2.24) is 4.98 Å². The molecule has 0 radical (unpaired) electrons. The number of carbonyl (C=O) groups excluding carboxylic acids is 1. The molecule has 0 fully saturated rings. The van der Waals surface area contributed by atoms with Gasteiger partial charge in [0.25, 0.3) is 5.91 Å². The second kappa shape index (κ2) is 4.98. The van der Waals surface area contributed by atoms with E-state index >= 15 is 0 Å². The molecule has 0 aliphatic heterocycles. The lowest BCUT2D eigenvalue weighted by molar-refractivity contribution is 0.102. The SMILES string of the molecule is Cc1cnc(NC(=O)c2cc(Br)ccc2C)s1. The summed E-state index contributed by atoms with van der Waals surface area (Å²) in [5, 5.41) is 3.43. The molecule has 0 bridgehead atoms. The molecule has 0 atom stereocenters. The van der Waals surface area contributed by atoms with E-state index in [0.717, 1.165) is 14.9 Å². The van der Waals surface area contributed by atoms with Gasteiger partial charge >= 0.3 is 0 Å². The van der Waals surface area contributed by atoms with Gasteiger partial charge in [0.2, 0.25) is 0 Å². The van der Waals surface area contributed by atoms with Crippen LogP contribution in [0.15, 0.2) is 28.9 Å². The number of nitrogens with zero attached hydrogens (tertiary/aromatic N) is 1. The summed E-state index contributed by atoms with van der Waals surface area (Å²) < 4.78 is 0.892. The number of nitrogens with one attached hydrogen (secondary N) is 1. The number of anilines is 1. The lowest BCUT2D eigenvalue weighted by atomic mass is 10.1. The van der Waals surface area contributed by atoms with Crippen LogP contribution >= 0.6 is 27.3 Å². The standard InChI is InChI=1S/C12H11BrN2OS/c1-7-3-4-9(13)5-10(7)11(16)15-12-14-6-8(2)17-12/h3-6H,1-2H3,(H,14,15,16). The summed E-state index contributed by atoms with van der Waals surface area (Å²) in [7, 11) is 0. The molecule has 0 spiro atoms. The van der Waals surface area contributed by atoms with Crippen molar-refractivity contribution in [2.24, 2.45) is 0 Å². The summed E-state index contributed by atoms with van der Waals surface area (Å²) in [4.78, 5) is 17.2. The van der Waals surface area contributed by atoms with Gasteiger partial charge in [-0.15, -0.1) is 11.3 Å². The maximum absolute atomic E-state index is 12.0. The second-order valence-electron chi connectivity index (χ2n) is 3.69. The van der Waals surface area contributed by atoms with Gasteiger partial charge in [-0.05, 0) is 31.5 Å². The van der Waals surface area contributed by atoms with Crippen molar-refractivity contribution in [2.75, 3.05) is 5.32 Å². The third kappa shape index (κ3) is 2.92. The molecule has 0 aliphatic carbocycles. The van der Waals surface area contributed by atoms with E-state index in [1.165, 1.54) is 11.3 Å². The molecule has 0 saturated carbocycles. The monoisotopic (exact) mass is 310 g/mol. The van der Waals surface area contributed by atoms with Gasteiger partial charge in [-0.2, -0.15) is 0 Å². The molecule has 0 aliphatic rings. The van der Waals surface area contributed by atoms with Gasteiger partial charge in [-0.25, -0.2) is 4.98 Å². The smallest absolute Gasteiger partial charge is 0.257 e. The fourth-order valence-electron chi connectivity index (χ4n) is 1.42. The summed E-state index contributed by atoms with van der Waals surface area (Å²) in [6, 6.07) is 5.64. The number of hydrogen-bond donors (Lipinski definition) is 1. The Morgan fingerprint density at radius 3 is 2.82 bits per heavy atom. The minimum absolute atomic E-state index is 0.127. The third-order valence-corrected chi connectivity index (χ3v) is 3.61. The Bertz CT molecular complexity index is 565. The van der Waals surface area contributed by atoms with Crippen LogP contribution < -0.4 is 5.32 Å². The minimum Gasteiger partial charge on any atom is -0.298 e. The molecule has 1 amide bonds. The van der Waals surface area contributed by atoms with Crippen molar-refractivity contribution in [3.63, 3.8) is 0 Å².